The molecule has 0 bridgehead atoms. The highest BCUT2D eigenvalue weighted by atomic mass is 32.2. The third-order valence-corrected chi connectivity index (χ3v) is 6.31. The Morgan fingerprint density at radius 1 is 1.32 bits per heavy atom. The summed E-state index contributed by atoms with van der Waals surface area (Å²) in [5.74, 6) is -0.866. The average molecular weight is 370 g/mol. The fraction of sp³-hybridized carbons (Fsp3) is 0.588. The molecule has 0 saturated heterocycles. The van der Waals surface area contributed by atoms with Crippen LogP contribution in [0.15, 0.2) is 23.1 Å². The lowest BCUT2D eigenvalue weighted by Gasteiger charge is -2.42. The number of nitrogens with one attached hydrogen (secondary N) is 1. The second-order valence-corrected chi connectivity index (χ2v) is 8.89. The Bertz CT molecular complexity index is 738. The quantitative estimate of drug-likeness (QED) is 0.728. The smallest absolute Gasteiger partial charge is 0.317 e. The molecule has 0 aliphatic heterocycles. The van der Waals surface area contributed by atoms with Gasteiger partial charge >= 0.3 is 5.97 Å². The number of aryl methyl sites for hydroxylation is 1. The molecular weight excluding hydrogens is 347 g/mol. The number of rotatable bonds is 8. The first-order valence-electron chi connectivity index (χ1n) is 8.48. The van der Waals surface area contributed by atoms with Gasteiger partial charge in [0.1, 0.15) is 5.82 Å². The maximum Gasteiger partial charge on any atom is 0.317 e. The lowest BCUT2D eigenvalue weighted by atomic mass is 9.86. The van der Waals surface area contributed by atoms with Crippen LogP contribution in [0.3, 0.4) is 0 Å². The van der Waals surface area contributed by atoms with Crippen LogP contribution >= 0.6 is 0 Å². The lowest BCUT2D eigenvalue weighted by Crippen LogP contribution is -2.55. The van der Waals surface area contributed by atoms with Crippen molar-refractivity contribution in [2.45, 2.75) is 49.6 Å². The Balaban J connectivity index is 1.58. The van der Waals surface area contributed by atoms with Crippen molar-refractivity contribution >= 4 is 16.0 Å². The summed E-state index contributed by atoms with van der Waals surface area (Å²) >= 11 is 0. The summed E-state index contributed by atoms with van der Waals surface area (Å²) in [5, 5.41) is 9.05. The molecule has 2 fully saturated rings. The summed E-state index contributed by atoms with van der Waals surface area (Å²) in [5.41, 5.74) is 0.545. The largest absolute Gasteiger partial charge is 0.480 e. The Kier molecular flexibility index (Phi) is 5.13. The van der Waals surface area contributed by atoms with Gasteiger partial charge in [-0.05, 0) is 62.3 Å². The van der Waals surface area contributed by atoms with Crippen LogP contribution in [0.2, 0.25) is 0 Å². The summed E-state index contributed by atoms with van der Waals surface area (Å²) in [4.78, 5) is 12.9. The molecule has 8 heteroatoms. The first-order chi connectivity index (χ1) is 11.7. The average Bonchev–Trinajstić information content (AvgIpc) is 3.24. The van der Waals surface area contributed by atoms with Gasteiger partial charge in [0.2, 0.25) is 10.0 Å². The second-order valence-electron chi connectivity index (χ2n) is 7.17. The monoisotopic (exact) mass is 370 g/mol. The third kappa shape index (κ3) is 4.77. The molecule has 0 aromatic heterocycles. The van der Waals surface area contributed by atoms with Gasteiger partial charge in [-0.1, -0.05) is 0 Å². The Labute approximate surface area is 147 Å². The molecule has 0 atom stereocenters. The minimum absolute atomic E-state index is 0.0102. The highest BCUT2D eigenvalue weighted by Gasteiger charge is 2.38. The van der Waals surface area contributed by atoms with E-state index in [4.69, 9.17) is 5.11 Å². The van der Waals surface area contributed by atoms with Crippen LogP contribution in [0.25, 0.3) is 0 Å². The molecule has 3 rings (SSSR count). The standard InChI is InChI=1S/C17H23FN2O4S/c1-11-4-13(18)6-16(5-11)25(23,24)19-14-7-15(8-14)20(10-17(21)22)9-12-2-3-12/h4-6,12,14-15,19H,2-3,7-10H2,1H3,(H,21,22). The molecule has 0 radical (unpaired) electrons. The molecule has 2 aliphatic carbocycles. The molecule has 138 valence electrons. The van der Waals surface area contributed by atoms with E-state index < -0.39 is 21.8 Å². The van der Waals surface area contributed by atoms with Crippen molar-refractivity contribution in [3.63, 3.8) is 0 Å². The molecule has 2 N–H and O–H groups in total. The van der Waals surface area contributed by atoms with Crippen LogP contribution in [0, 0.1) is 18.7 Å². The van der Waals surface area contributed by atoms with Gasteiger partial charge in [0.25, 0.3) is 0 Å². The minimum atomic E-state index is -3.77. The van der Waals surface area contributed by atoms with Crippen LogP contribution in [0.4, 0.5) is 4.39 Å². The summed E-state index contributed by atoms with van der Waals surface area (Å²) < 4.78 is 40.8. The van der Waals surface area contributed by atoms with Crippen molar-refractivity contribution in [2.24, 2.45) is 5.92 Å². The van der Waals surface area contributed by atoms with Crippen LogP contribution in [-0.2, 0) is 14.8 Å². The minimum Gasteiger partial charge on any atom is -0.480 e. The number of sulfonamides is 1. The van der Waals surface area contributed by atoms with E-state index in [0.29, 0.717) is 24.3 Å². The third-order valence-electron chi connectivity index (χ3n) is 4.81. The van der Waals surface area contributed by atoms with E-state index in [1.54, 1.807) is 6.92 Å². The summed E-state index contributed by atoms with van der Waals surface area (Å²) in [7, 11) is -3.77. The van der Waals surface area contributed by atoms with Crippen LogP contribution in [0.5, 0.6) is 0 Å². The zero-order chi connectivity index (χ0) is 18.2. The second kappa shape index (κ2) is 7.01. The fourth-order valence-corrected chi connectivity index (χ4v) is 4.65. The molecule has 6 nitrogen and oxygen atoms in total. The number of carbonyl (C=O) groups is 1. The highest BCUT2D eigenvalue weighted by Crippen LogP contribution is 2.34. The predicted molar refractivity (Wildman–Crippen MR) is 90.2 cm³/mol. The normalized spacial score (nSPS) is 23.5. The van der Waals surface area contributed by atoms with Gasteiger partial charge in [-0.15, -0.1) is 0 Å². The highest BCUT2D eigenvalue weighted by molar-refractivity contribution is 7.89. The molecule has 0 unspecified atom stereocenters. The maximum atomic E-state index is 13.5. The summed E-state index contributed by atoms with van der Waals surface area (Å²) in [6.45, 7) is 2.40. The number of nitrogens with zero attached hydrogens (tertiary/aromatic N) is 1. The Hall–Kier alpha value is -1.51. The molecule has 0 heterocycles. The number of hydrogen-bond acceptors (Lipinski definition) is 4. The van der Waals surface area contributed by atoms with Gasteiger partial charge in [-0.2, -0.15) is 0 Å². The number of halogens is 1. The van der Waals surface area contributed by atoms with Gasteiger partial charge in [0.05, 0.1) is 11.4 Å². The number of hydrogen-bond donors (Lipinski definition) is 2. The van der Waals surface area contributed by atoms with Gasteiger partial charge in [-0.3, -0.25) is 9.69 Å². The fourth-order valence-electron chi connectivity index (χ4n) is 3.28. The van der Waals surface area contributed by atoms with Crippen molar-refractivity contribution in [1.29, 1.82) is 0 Å². The van der Waals surface area contributed by atoms with Crippen LogP contribution in [0.1, 0.15) is 31.2 Å². The van der Waals surface area contributed by atoms with Crippen molar-refractivity contribution in [2.75, 3.05) is 13.1 Å². The Morgan fingerprint density at radius 2 is 2.00 bits per heavy atom. The van der Waals surface area contributed by atoms with Crippen molar-refractivity contribution in [3.8, 4) is 0 Å². The van der Waals surface area contributed by atoms with E-state index in [2.05, 4.69) is 4.72 Å². The first kappa shape index (κ1) is 18.3. The number of carboxylic acids is 1. The van der Waals surface area contributed by atoms with Crippen molar-refractivity contribution in [1.82, 2.24) is 9.62 Å². The Morgan fingerprint density at radius 3 is 2.56 bits per heavy atom. The van der Waals surface area contributed by atoms with E-state index in [0.717, 1.165) is 25.5 Å². The molecule has 0 amide bonds. The first-order valence-corrected chi connectivity index (χ1v) is 9.96. The molecule has 1 aromatic rings. The van der Waals surface area contributed by atoms with E-state index in [1.165, 1.54) is 12.1 Å². The zero-order valence-corrected chi connectivity index (χ0v) is 14.9. The molecule has 0 spiro atoms. The van der Waals surface area contributed by atoms with Crippen molar-refractivity contribution in [3.05, 3.63) is 29.6 Å². The van der Waals surface area contributed by atoms with Crippen LogP contribution < -0.4 is 4.72 Å². The summed E-state index contributed by atoms with van der Waals surface area (Å²) in [6, 6.07) is 3.56. The topological polar surface area (TPSA) is 86.7 Å². The SMILES string of the molecule is Cc1cc(F)cc(S(=O)(=O)NC2CC(N(CC(=O)O)CC3CC3)C2)c1. The molecule has 1 aromatic carbocycles. The summed E-state index contributed by atoms with van der Waals surface area (Å²) in [6.07, 6.45) is 3.43. The lowest BCUT2D eigenvalue weighted by molar-refractivity contribution is -0.139. The molecular formula is C17H23FN2O4S. The molecule has 2 aliphatic rings. The van der Waals surface area contributed by atoms with E-state index in [1.807, 2.05) is 4.90 Å². The number of carboxylic acid groups (broad SMARTS) is 1. The van der Waals surface area contributed by atoms with Gasteiger partial charge in [0.15, 0.2) is 0 Å². The zero-order valence-electron chi connectivity index (χ0n) is 14.1. The maximum absolute atomic E-state index is 13.5. The molecule has 25 heavy (non-hydrogen) atoms. The van der Waals surface area contributed by atoms with Gasteiger partial charge in [-0.25, -0.2) is 17.5 Å². The van der Waals surface area contributed by atoms with Crippen LogP contribution in [-0.4, -0.2) is 49.6 Å². The van der Waals surface area contributed by atoms with E-state index >= 15 is 0 Å². The number of aliphatic carboxylic acids is 1. The van der Waals surface area contributed by atoms with E-state index in [9.17, 15) is 17.6 Å². The predicted octanol–water partition coefficient (Wildman–Crippen LogP) is 1.74. The van der Waals surface area contributed by atoms with Crippen molar-refractivity contribution < 1.29 is 22.7 Å². The van der Waals surface area contributed by atoms with Gasteiger partial charge < -0.3 is 5.11 Å². The van der Waals surface area contributed by atoms with Gasteiger partial charge in [0, 0.05) is 18.6 Å². The molecule has 2 saturated carbocycles. The van der Waals surface area contributed by atoms with E-state index in [-0.39, 0.29) is 23.5 Å². The number of benzene rings is 1.